The summed E-state index contributed by atoms with van der Waals surface area (Å²) >= 11 is 0. The molecule has 19 heavy (non-hydrogen) atoms. The first-order chi connectivity index (χ1) is 8.93. The van der Waals surface area contributed by atoms with Crippen LogP contribution in [0.3, 0.4) is 0 Å². The van der Waals surface area contributed by atoms with Crippen LogP contribution in [-0.2, 0) is 0 Å². The van der Waals surface area contributed by atoms with Crippen LogP contribution in [-0.4, -0.2) is 29.8 Å². The first kappa shape index (κ1) is 15.3. The fraction of sp³-hybridized carbons (Fsp3) is 0.500. The van der Waals surface area contributed by atoms with Gasteiger partial charge in [0.2, 0.25) is 0 Å². The number of carbonyl (C=O) groups is 1. The normalized spacial score (nSPS) is 13.7. The van der Waals surface area contributed by atoms with Gasteiger partial charge in [-0.15, -0.1) is 0 Å². The van der Waals surface area contributed by atoms with Crippen molar-refractivity contribution >= 4 is 11.6 Å². The number of amides is 1. The van der Waals surface area contributed by atoms with Crippen molar-refractivity contribution in [2.75, 3.05) is 12.3 Å². The van der Waals surface area contributed by atoms with Crippen LogP contribution in [0.25, 0.3) is 0 Å². The Hall–Kier alpha value is -1.75. The number of aliphatic hydroxyl groups is 1. The first-order valence-corrected chi connectivity index (χ1v) is 6.45. The second kappa shape index (κ2) is 6.99. The molecule has 1 aromatic carbocycles. The molecular formula is C14H22N2O3. The van der Waals surface area contributed by atoms with E-state index in [1.807, 2.05) is 13.8 Å². The minimum atomic E-state index is -0.444. The predicted octanol–water partition coefficient (Wildman–Crippen LogP) is 1.56. The van der Waals surface area contributed by atoms with Crippen LogP contribution in [0.4, 0.5) is 5.69 Å². The number of benzene rings is 1. The number of hydrogen-bond donors (Lipinski definition) is 3. The Balaban J connectivity index is 2.69. The summed E-state index contributed by atoms with van der Waals surface area (Å²) in [5, 5.41) is 12.1. The molecule has 0 spiro atoms. The highest BCUT2D eigenvalue weighted by Crippen LogP contribution is 2.22. The Labute approximate surface area is 113 Å². The zero-order valence-corrected chi connectivity index (χ0v) is 11.6. The Bertz CT molecular complexity index is 433. The third-order valence-corrected chi connectivity index (χ3v) is 2.64. The molecule has 0 saturated carbocycles. The molecule has 2 unspecified atom stereocenters. The highest BCUT2D eigenvalue weighted by Gasteiger charge is 2.13. The molecule has 4 N–H and O–H groups in total. The van der Waals surface area contributed by atoms with Crippen LogP contribution in [0, 0.1) is 0 Å². The highest BCUT2D eigenvalue weighted by atomic mass is 16.5. The van der Waals surface area contributed by atoms with Crippen LogP contribution >= 0.6 is 0 Å². The van der Waals surface area contributed by atoms with Gasteiger partial charge < -0.3 is 20.9 Å². The van der Waals surface area contributed by atoms with E-state index >= 15 is 0 Å². The molecule has 0 saturated heterocycles. The molecule has 5 nitrogen and oxygen atoms in total. The summed E-state index contributed by atoms with van der Waals surface area (Å²) in [4.78, 5) is 12.0. The average molecular weight is 266 g/mol. The van der Waals surface area contributed by atoms with Crippen molar-refractivity contribution < 1.29 is 14.6 Å². The van der Waals surface area contributed by atoms with Crippen molar-refractivity contribution in [3.8, 4) is 5.75 Å². The van der Waals surface area contributed by atoms with Crippen molar-refractivity contribution in [1.82, 2.24) is 5.32 Å². The Kier molecular flexibility index (Phi) is 5.63. The molecule has 2 atom stereocenters. The van der Waals surface area contributed by atoms with Gasteiger partial charge in [0.25, 0.3) is 5.91 Å². The summed E-state index contributed by atoms with van der Waals surface area (Å²) in [5.74, 6) is 0.374. The third kappa shape index (κ3) is 4.79. The van der Waals surface area contributed by atoms with Crippen molar-refractivity contribution in [2.24, 2.45) is 0 Å². The summed E-state index contributed by atoms with van der Waals surface area (Å²) in [6.45, 7) is 5.94. The van der Waals surface area contributed by atoms with E-state index in [9.17, 15) is 9.90 Å². The van der Waals surface area contributed by atoms with Crippen LogP contribution in [0.2, 0.25) is 0 Å². The van der Waals surface area contributed by atoms with E-state index in [-0.39, 0.29) is 11.9 Å². The summed E-state index contributed by atoms with van der Waals surface area (Å²) in [6, 6.07) is 4.86. The smallest absolute Gasteiger partial charge is 0.251 e. The maximum atomic E-state index is 12.0. The van der Waals surface area contributed by atoms with Crippen LogP contribution in [0.1, 0.15) is 37.6 Å². The minimum Gasteiger partial charge on any atom is -0.492 e. The van der Waals surface area contributed by atoms with Crippen LogP contribution in [0.15, 0.2) is 18.2 Å². The zero-order valence-electron chi connectivity index (χ0n) is 11.6. The molecule has 0 radical (unpaired) electrons. The molecule has 0 fully saturated rings. The van der Waals surface area contributed by atoms with Crippen LogP contribution in [0.5, 0.6) is 5.75 Å². The largest absolute Gasteiger partial charge is 0.492 e. The molecule has 0 heterocycles. The topological polar surface area (TPSA) is 84.6 Å². The van der Waals surface area contributed by atoms with Crippen molar-refractivity contribution in [3.63, 3.8) is 0 Å². The number of ether oxygens (including phenoxy) is 1. The van der Waals surface area contributed by atoms with Gasteiger partial charge in [-0.3, -0.25) is 4.79 Å². The van der Waals surface area contributed by atoms with E-state index in [0.717, 1.165) is 0 Å². The summed E-state index contributed by atoms with van der Waals surface area (Å²) in [7, 11) is 0. The monoisotopic (exact) mass is 266 g/mol. The van der Waals surface area contributed by atoms with Crippen molar-refractivity contribution in [3.05, 3.63) is 23.8 Å². The second-order valence-corrected chi connectivity index (χ2v) is 4.64. The van der Waals surface area contributed by atoms with Crippen molar-refractivity contribution in [2.45, 2.75) is 39.3 Å². The van der Waals surface area contributed by atoms with E-state index in [1.165, 1.54) is 0 Å². The highest BCUT2D eigenvalue weighted by molar-refractivity contribution is 5.95. The number of carbonyl (C=O) groups excluding carboxylic acids is 1. The summed E-state index contributed by atoms with van der Waals surface area (Å²) in [5.41, 5.74) is 6.74. The van der Waals surface area contributed by atoms with E-state index in [2.05, 4.69) is 5.32 Å². The van der Waals surface area contributed by atoms with Gasteiger partial charge in [-0.05, 0) is 45.4 Å². The number of aliphatic hydroxyl groups excluding tert-OH is 1. The second-order valence-electron chi connectivity index (χ2n) is 4.64. The maximum Gasteiger partial charge on any atom is 0.251 e. The molecule has 0 aliphatic heterocycles. The summed E-state index contributed by atoms with van der Waals surface area (Å²) in [6.07, 6.45) is 0.0684. The molecule has 1 rings (SSSR count). The number of nitrogens with one attached hydrogen (secondary N) is 1. The predicted molar refractivity (Wildman–Crippen MR) is 75.2 cm³/mol. The Morgan fingerprint density at radius 1 is 1.47 bits per heavy atom. The number of nitrogens with two attached hydrogens (primary N) is 1. The van der Waals surface area contributed by atoms with Gasteiger partial charge in [0.05, 0.1) is 18.4 Å². The fourth-order valence-electron chi connectivity index (χ4n) is 1.85. The number of rotatable bonds is 6. The molecular weight excluding hydrogens is 244 g/mol. The van der Waals surface area contributed by atoms with E-state index in [0.29, 0.717) is 30.0 Å². The SMILES string of the molecule is CCOc1ccc(C(=O)NC(C)CC(C)O)cc1N. The van der Waals surface area contributed by atoms with E-state index in [1.54, 1.807) is 25.1 Å². The van der Waals surface area contributed by atoms with Crippen molar-refractivity contribution in [1.29, 1.82) is 0 Å². The van der Waals surface area contributed by atoms with Gasteiger partial charge in [-0.1, -0.05) is 0 Å². The Morgan fingerprint density at radius 2 is 2.16 bits per heavy atom. The molecule has 106 valence electrons. The maximum absolute atomic E-state index is 12.0. The molecule has 0 aromatic heterocycles. The molecule has 1 amide bonds. The average Bonchev–Trinajstić information content (AvgIpc) is 2.30. The number of hydrogen-bond acceptors (Lipinski definition) is 4. The Morgan fingerprint density at radius 3 is 2.68 bits per heavy atom. The fourth-order valence-corrected chi connectivity index (χ4v) is 1.85. The van der Waals surface area contributed by atoms with Crippen LogP contribution < -0.4 is 15.8 Å². The van der Waals surface area contributed by atoms with Gasteiger partial charge >= 0.3 is 0 Å². The molecule has 1 aromatic rings. The molecule has 0 bridgehead atoms. The van der Waals surface area contributed by atoms with E-state index in [4.69, 9.17) is 10.5 Å². The summed E-state index contributed by atoms with van der Waals surface area (Å²) < 4.78 is 5.32. The van der Waals surface area contributed by atoms with Gasteiger partial charge in [0, 0.05) is 11.6 Å². The minimum absolute atomic E-state index is 0.0970. The number of anilines is 1. The lowest BCUT2D eigenvalue weighted by Gasteiger charge is -2.16. The van der Waals surface area contributed by atoms with Gasteiger partial charge in [0.15, 0.2) is 0 Å². The molecule has 0 aliphatic rings. The lowest BCUT2D eigenvalue weighted by molar-refractivity contribution is 0.0923. The standard InChI is InChI=1S/C14H22N2O3/c1-4-19-13-6-5-11(8-12(13)15)14(18)16-9(2)7-10(3)17/h5-6,8-10,17H,4,7,15H2,1-3H3,(H,16,18). The zero-order chi connectivity index (χ0) is 14.4. The third-order valence-electron chi connectivity index (χ3n) is 2.64. The van der Waals surface area contributed by atoms with Gasteiger partial charge in [0.1, 0.15) is 5.75 Å². The van der Waals surface area contributed by atoms with Gasteiger partial charge in [-0.2, -0.15) is 0 Å². The lowest BCUT2D eigenvalue weighted by atomic mass is 10.1. The first-order valence-electron chi connectivity index (χ1n) is 6.45. The number of nitrogen functional groups attached to an aromatic ring is 1. The quantitative estimate of drug-likeness (QED) is 0.682. The lowest BCUT2D eigenvalue weighted by Crippen LogP contribution is -2.34. The molecule has 0 aliphatic carbocycles. The van der Waals surface area contributed by atoms with E-state index < -0.39 is 6.10 Å². The van der Waals surface area contributed by atoms with Gasteiger partial charge in [-0.25, -0.2) is 0 Å². The molecule has 5 heteroatoms.